The van der Waals surface area contributed by atoms with E-state index in [2.05, 4.69) is 4.90 Å². The number of rotatable bonds is 13. The summed E-state index contributed by atoms with van der Waals surface area (Å²) in [6, 6.07) is 19.7. The lowest BCUT2D eigenvalue weighted by molar-refractivity contribution is -0.127. The minimum atomic E-state index is -0.789. The van der Waals surface area contributed by atoms with Gasteiger partial charge in [-0.3, -0.25) is 19.0 Å². The lowest BCUT2D eigenvalue weighted by atomic mass is 10.0. The molecule has 0 saturated carbocycles. The Hall–Kier alpha value is -4.74. The number of hydrogen-bond acceptors (Lipinski definition) is 6. The van der Waals surface area contributed by atoms with Crippen LogP contribution in [0.25, 0.3) is 26.3 Å². The second-order valence-corrected chi connectivity index (χ2v) is 13.5. The van der Waals surface area contributed by atoms with Crippen LogP contribution in [0.5, 0.6) is 0 Å². The fourth-order valence-corrected chi connectivity index (χ4v) is 7.69. The third kappa shape index (κ3) is 7.18. The standard InChI is InChI=1S/C38H38F2N4O4S/c1-3-28(45)22-25-15-17-26(18-16-25)35-30(23-41(2)19-9-21-42-20-8-14-33(42)46)34-36(47)44(27-10-5-4-6-11-27)38(48)43(37(34)49-35)24-29-31(39)12-7-13-32(29)40/h4-7,10-13,15-18H,3,8-9,14,19-24H2,1-2H3. The van der Waals surface area contributed by atoms with E-state index < -0.39 is 29.4 Å². The number of para-hydroxylation sites is 1. The quantitative estimate of drug-likeness (QED) is 0.148. The van der Waals surface area contributed by atoms with Crippen LogP contribution in [0.15, 0.2) is 82.4 Å². The second kappa shape index (κ2) is 14.8. The monoisotopic (exact) mass is 684 g/mol. The van der Waals surface area contributed by atoms with Crippen molar-refractivity contribution in [3.63, 3.8) is 0 Å². The highest BCUT2D eigenvalue weighted by Crippen LogP contribution is 2.38. The number of aromatic nitrogens is 2. The summed E-state index contributed by atoms with van der Waals surface area (Å²) in [7, 11) is 1.94. The molecule has 3 heterocycles. The van der Waals surface area contributed by atoms with Crippen molar-refractivity contribution >= 4 is 33.2 Å². The molecule has 254 valence electrons. The molecule has 0 spiro atoms. The van der Waals surface area contributed by atoms with Gasteiger partial charge in [-0.2, -0.15) is 0 Å². The summed E-state index contributed by atoms with van der Waals surface area (Å²) in [6.07, 6.45) is 2.95. The first-order valence-corrected chi connectivity index (χ1v) is 17.3. The van der Waals surface area contributed by atoms with E-state index in [-0.39, 0.29) is 17.3 Å². The molecule has 1 aliphatic heterocycles. The molecule has 1 amide bonds. The normalized spacial score (nSPS) is 13.2. The van der Waals surface area contributed by atoms with Crippen LogP contribution in [-0.2, 0) is 29.1 Å². The molecule has 2 aromatic heterocycles. The van der Waals surface area contributed by atoms with Crippen LogP contribution in [-0.4, -0.2) is 57.3 Å². The van der Waals surface area contributed by atoms with Gasteiger partial charge in [-0.25, -0.2) is 18.1 Å². The molecular formula is C38H38F2N4O4S. The Bertz CT molecular complexity index is 2100. The van der Waals surface area contributed by atoms with E-state index in [1.807, 2.05) is 43.1 Å². The van der Waals surface area contributed by atoms with E-state index in [1.165, 1.54) is 22.0 Å². The number of nitrogens with zero attached hydrogens (tertiary/aromatic N) is 4. The van der Waals surface area contributed by atoms with E-state index >= 15 is 8.78 Å². The van der Waals surface area contributed by atoms with Crippen molar-refractivity contribution in [2.45, 2.75) is 52.1 Å². The van der Waals surface area contributed by atoms with Crippen LogP contribution in [0.2, 0.25) is 0 Å². The van der Waals surface area contributed by atoms with Crippen LogP contribution in [0.1, 0.15) is 49.3 Å². The lowest BCUT2D eigenvalue weighted by Crippen LogP contribution is -2.39. The fraction of sp³-hybridized carbons (Fsp3) is 0.316. The van der Waals surface area contributed by atoms with Gasteiger partial charge in [0.1, 0.15) is 22.2 Å². The van der Waals surface area contributed by atoms with Crippen LogP contribution >= 0.6 is 11.3 Å². The molecule has 0 bridgehead atoms. The van der Waals surface area contributed by atoms with Gasteiger partial charge in [0.05, 0.1) is 17.6 Å². The molecule has 1 fully saturated rings. The number of ketones is 1. The molecule has 11 heteroatoms. The first kappa shape index (κ1) is 34.1. The summed E-state index contributed by atoms with van der Waals surface area (Å²) >= 11 is 1.24. The van der Waals surface area contributed by atoms with E-state index in [0.29, 0.717) is 60.4 Å². The number of carbonyl (C=O) groups is 2. The zero-order valence-corrected chi connectivity index (χ0v) is 28.4. The Balaban J connectivity index is 1.52. The predicted octanol–water partition coefficient (Wildman–Crippen LogP) is 6.17. The maximum Gasteiger partial charge on any atom is 0.337 e. The largest absolute Gasteiger partial charge is 0.343 e. The van der Waals surface area contributed by atoms with Crippen LogP contribution < -0.4 is 11.2 Å². The van der Waals surface area contributed by atoms with Crippen molar-refractivity contribution < 1.29 is 18.4 Å². The van der Waals surface area contributed by atoms with Gasteiger partial charge in [-0.1, -0.05) is 55.5 Å². The van der Waals surface area contributed by atoms with Crippen molar-refractivity contribution in [2.24, 2.45) is 0 Å². The van der Waals surface area contributed by atoms with Gasteiger partial charge in [-0.15, -0.1) is 11.3 Å². The first-order chi connectivity index (χ1) is 23.7. The zero-order chi connectivity index (χ0) is 34.7. The van der Waals surface area contributed by atoms with Crippen molar-refractivity contribution in [3.05, 3.63) is 122 Å². The predicted molar refractivity (Wildman–Crippen MR) is 188 cm³/mol. The van der Waals surface area contributed by atoms with E-state index in [9.17, 15) is 19.2 Å². The molecule has 1 saturated heterocycles. The molecule has 0 unspecified atom stereocenters. The molecule has 3 aromatic carbocycles. The Kier molecular flexibility index (Phi) is 10.3. The number of hydrogen-bond donors (Lipinski definition) is 0. The molecule has 0 radical (unpaired) electrons. The van der Waals surface area contributed by atoms with Crippen molar-refractivity contribution in [1.29, 1.82) is 0 Å². The zero-order valence-electron chi connectivity index (χ0n) is 27.6. The number of likely N-dealkylation sites (tertiary alicyclic amines) is 1. The van der Waals surface area contributed by atoms with Gasteiger partial charge in [-0.05, 0) is 67.4 Å². The van der Waals surface area contributed by atoms with Crippen LogP contribution in [0, 0.1) is 11.6 Å². The number of fused-ring (bicyclic) bond motifs is 1. The van der Waals surface area contributed by atoms with Crippen LogP contribution in [0.4, 0.5) is 8.78 Å². The minimum Gasteiger partial charge on any atom is -0.343 e. The summed E-state index contributed by atoms with van der Waals surface area (Å²) in [5.41, 5.74) is 1.19. The molecule has 0 atom stereocenters. The maximum absolute atomic E-state index is 15.0. The molecule has 8 nitrogen and oxygen atoms in total. The Morgan fingerprint density at radius 2 is 1.63 bits per heavy atom. The average molecular weight is 685 g/mol. The maximum atomic E-state index is 15.0. The Labute approximate surface area is 286 Å². The van der Waals surface area contributed by atoms with Gasteiger partial charge < -0.3 is 9.80 Å². The summed E-state index contributed by atoms with van der Waals surface area (Å²) in [5.74, 6) is -1.28. The second-order valence-electron chi connectivity index (χ2n) is 12.5. The number of halogens is 2. The van der Waals surface area contributed by atoms with Gasteiger partial charge in [0, 0.05) is 49.3 Å². The molecule has 5 aromatic rings. The number of amides is 1. The highest BCUT2D eigenvalue weighted by Gasteiger charge is 2.26. The summed E-state index contributed by atoms with van der Waals surface area (Å²) in [4.78, 5) is 58.0. The highest BCUT2D eigenvalue weighted by atomic mass is 32.1. The van der Waals surface area contributed by atoms with Gasteiger partial charge in [0.25, 0.3) is 5.56 Å². The number of carbonyl (C=O) groups excluding carboxylic acids is 2. The summed E-state index contributed by atoms with van der Waals surface area (Å²) in [6.45, 7) is 3.81. The Morgan fingerprint density at radius 1 is 0.918 bits per heavy atom. The van der Waals surface area contributed by atoms with Crippen molar-refractivity contribution in [1.82, 2.24) is 18.9 Å². The number of thiophene rings is 1. The molecular weight excluding hydrogens is 647 g/mol. The third-order valence-electron chi connectivity index (χ3n) is 9.04. The van der Waals surface area contributed by atoms with Crippen LogP contribution in [0.3, 0.4) is 0 Å². The topological polar surface area (TPSA) is 84.6 Å². The number of Topliss-reactive ketones (excluding diaryl/α,β-unsaturated/α-hetero) is 1. The SMILES string of the molecule is CCC(=O)Cc1ccc(-c2sc3c(c2CN(C)CCCN2CCCC2=O)c(=O)n(-c2ccccc2)c(=O)n3Cc2c(F)cccc2F)cc1. The smallest absolute Gasteiger partial charge is 0.337 e. The van der Waals surface area contributed by atoms with Crippen molar-refractivity contribution in [2.75, 3.05) is 26.7 Å². The van der Waals surface area contributed by atoms with E-state index in [0.717, 1.165) is 52.1 Å². The average Bonchev–Trinajstić information content (AvgIpc) is 3.68. The van der Waals surface area contributed by atoms with Gasteiger partial charge >= 0.3 is 5.69 Å². The highest BCUT2D eigenvalue weighted by molar-refractivity contribution is 7.22. The van der Waals surface area contributed by atoms with E-state index in [4.69, 9.17) is 0 Å². The van der Waals surface area contributed by atoms with Crippen molar-refractivity contribution in [3.8, 4) is 16.1 Å². The molecule has 0 aliphatic carbocycles. The molecule has 0 N–H and O–H groups in total. The molecule has 1 aliphatic rings. The van der Waals surface area contributed by atoms with Gasteiger partial charge in [0.2, 0.25) is 5.91 Å². The molecule has 6 rings (SSSR count). The van der Waals surface area contributed by atoms with Gasteiger partial charge in [0.15, 0.2) is 0 Å². The lowest BCUT2D eigenvalue weighted by Gasteiger charge is -2.20. The number of benzene rings is 3. The van der Waals surface area contributed by atoms with E-state index in [1.54, 1.807) is 30.3 Å². The minimum absolute atomic E-state index is 0.124. The molecule has 49 heavy (non-hydrogen) atoms. The summed E-state index contributed by atoms with van der Waals surface area (Å²) < 4.78 is 32.4. The first-order valence-electron chi connectivity index (χ1n) is 16.5. The third-order valence-corrected chi connectivity index (χ3v) is 10.3. The fourth-order valence-electron chi connectivity index (χ4n) is 6.39. The Morgan fingerprint density at radius 3 is 2.29 bits per heavy atom. The summed E-state index contributed by atoms with van der Waals surface area (Å²) in [5, 5.41) is 0.298.